The SMILES string of the molecule is COc1ccc(C(=O)CCC(O)CO)cc1/C=C/c1ccc(C(F)(F)F)cc1. The lowest BCUT2D eigenvalue weighted by molar-refractivity contribution is -0.137. The van der Waals surface area contributed by atoms with E-state index in [0.717, 1.165) is 12.1 Å². The Hall–Kier alpha value is -2.64. The molecule has 0 heterocycles. The molecule has 0 spiro atoms. The van der Waals surface area contributed by atoms with E-state index in [-0.39, 0.29) is 18.6 Å². The van der Waals surface area contributed by atoms with Gasteiger partial charge in [-0.3, -0.25) is 4.79 Å². The van der Waals surface area contributed by atoms with E-state index in [9.17, 15) is 23.1 Å². The summed E-state index contributed by atoms with van der Waals surface area (Å²) in [7, 11) is 1.48. The van der Waals surface area contributed by atoms with Crippen molar-refractivity contribution in [1.82, 2.24) is 0 Å². The van der Waals surface area contributed by atoms with E-state index in [1.54, 1.807) is 30.4 Å². The van der Waals surface area contributed by atoms with Gasteiger partial charge in [0.25, 0.3) is 0 Å². The number of aliphatic hydroxyl groups is 2. The van der Waals surface area contributed by atoms with Crippen molar-refractivity contribution < 1.29 is 32.9 Å². The number of benzene rings is 2. The van der Waals surface area contributed by atoms with Gasteiger partial charge in [-0.1, -0.05) is 24.3 Å². The predicted octanol–water partition coefficient (Wildman–Crippen LogP) is 4.20. The van der Waals surface area contributed by atoms with E-state index in [0.29, 0.717) is 22.4 Å². The molecular formula is C21H21F3O4. The van der Waals surface area contributed by atoms with Crippen LogP contribution in [0.15, 0.2) is 42.5 Å². The van der Waals surface area contributed by atoms with Crippen molar-refractivity contribution in [3.8, 4) is 5.75 Å². The molecule has 7 heteroatoms. The molecule has 0 aliphatic heterocycles. The summed E-state index contributed by atoms with van der Waals surface area (Å²) >= 11 is 0. The monoisotopic (exact) mass is 394 g/mol. The quantitative estimate of drug-likeness (QED) is 0.520. The van der Waals surface area contributed by atoms with Crippen molar-refractivity contribution in [3.63, 3.8) is 0 Å². The maximum atomic E-state index is 12.6. The number of aliphatic hydroxyl groups excluding tert-OH is 2. The lowest BCUT2D eigenvalue weighted by Gasteiger charge is -2.09. The molecule has 0 aliphatic rings. The Labute approximate surface area is 160 Å². The predicted molar refractivity (Wildman–Crippen MR) is 100 cm³/mol. The zero-order chi connectivity index (χ0) is 20.7. The van der Waals surface area contributed by atoms with Crippen molar-refractivity contribution in [2.24, 2.45) is 0 Å². The van der Waals surface area contributed by atoms with Crippen LogP contribution in [0.4, 0.5) is 13.2 Å². The van der Waals surface area contributed by atoms with Gasteiger partial charge in [-0.15, -0.1) is 0 Å². The first-order valence-corrected chi connectivity index (χ1v) is 8.60. The molecule has 2 aromatic carbocycles. The number of alkyl halides is 3. The Balaban J connectivity index is 2.19. The van der Waals surface area contributed by atoms with Crippen LogP contribution in [0.5, 0.6) is 5.75 Å². The van der Waals surface area contributed by atoms with Gasteiger partial charge in [0.05, 0.1) is 25.4 Å². The highest BCUT2D eigenvalue weighted by Gasteiger charge is 2.29. The molecule has 2 aromatic rings. The average Bonchev–Trinajstić information content (AvgIpc) is 2.69. The van der Waals surface area contributed by atoms with Crippen molar-refractivity contribution in [2.75, 3.05) is 13.7 Å². The van der Waals surface area contributed by atoms with E-state index in [1.165, 1.54) is 19.2 Å². The Morgan fingerprint density at radius 1 is 1.14 bits per heavy atom. The normalized spacial score (nSPS) is 12.9. The first-order valence-electron chi connectivity index (χ1n) is 8.60. The highest BCUT2D eigenvalue weighted by Crippen LogP contribution is 2.29. The molecule has 0 aromatic heterocycles. The minimum absolute atomic E-state index is 0.0795. The zero-order valence-corrected chi connectivity index (χ0v) is 15.2. The van der Waals surface area contributed by atoms with Crippen molar-refractivity contribution in [1.29, 1.82) is 0 Å². The summed E-state index contributed by atoms with van der Waals surface area (Å²) in [4.78, 5) is 12.3. The Bertz CT molecular complexity index is 827. The molecular weight excluding hydrogens is 373 g/mol. The molecule has 28 heavy (non-hydrogen) atoms. The fourth-order valence-corrected chi connectivity index (χ4v) is 2.54. The van der Waals surface area contributed by atoms with Gasteiger partial charge in [0.2, 0.25) is 0 Å². The van der Waals surface area contributed by atoms with Crippen LogP contribution in [-0.2, 0) is 6.18 Å². The van der Waals surface area contributed by atoms with Gasteiger partial charge in [-0.25, -0.2) is 0 Å². The van der Waals surface area contributed by atoms with Crippen LogP contribution >= 0.6 is 0 Å². The van der Waals surface area contributed by atoms with Crippen LogP contribution in [0.1, 0.15) is 39.9 Å². The molecule has 0 saturated heterocycles. The first kappa shape index (κ1) is 21.7. The van der Waals surface area contributed by atoms with Crippen LogP contribution in [-0.4, -0.2) is 35.8 Å². The van der Waals surface area contributed by atoms with Gasteiger partial charge in [-0.05, 0) is 42.3 Å². The Morgan fingerprint density at radius 3 is 2.39 bits per heavy atom. The van der Waals surface area contributed by atoms with E-state index >= 15 is 0 Å². The number of methoxy groups -OCH3 is 1. The number of Topliss-reactive ketones (excluding diaryl/α,β-unsaturated/α-hetero) is 1. The third-order valence-electron chi connectivity index (χ3n) is 4.16. The molecule has 150 valence electrons. The maximum absolute atomic E-state index is 12.6. The summed E-state index contributed by atoms with van der Waals surface area (Å²) in [5, 5.41) is 18.2. The number of hydrogen-bond donors (Lipinski definition) is 2. The molecule has 0 saturated carbocycles. The third kappa shape index (κ3) is 5.94. The van der Waals surface area contributed by atoms with Gasteiger partial charge in [0.1, 0.15) is 5.75 Å². The number of ketones is 1. The highest BCUT2D eigenvalue weighted by molar-refractivity contribution is 5.97. The number of carbonyl (C=O) groups excluding carboxylic acids is 1. The fourth-order valence-electron chi connectivity index (χ4n) is 2.54. The topological polar surface area (TPSA) is 66.8 Å². The second-order valence-corrected chi connectivity index (χ2v) is 6.21. The molecule has 2 N–H and O–H groups in total. The van der Waals surface area contributed by atoms with Crippen LogP contribution < -0.4 is 4.74 Å². The zero-order valence-electron chi connectivity index (χ0n) is 15.2. The molecule has 0 amide bonds. The van der Waals surface area contributed by atoms with Gasteiger partial charge < -0.3 is 14.9 Å². The summed E-state index contributed by atoms with van der Waals surface area (Å²) in [6.45, 7) is -0.406. The van der Waals surface area contributed by atoms with Crippen molar-refractivity contribution in [3.05, 3.63) is 64.7 Å². The van der Waals surface area contributed by atoms with Gasteiger partial charge in [0, 0.05) is 17.5 Å². The molecule has 0 fully saturated rings. The summed E-state index contributed by atoms with van der Waals surface area (Å²) in [6, 6.07) is 9.57. The lowest BCUT2D eigenvalue weighted by Crippen LogP contribution is -2.14. The second kappa shape index (κ2) is 9.52. The Kier molecular flexibility index (Phi) is 7.37. The van der Waals surface area contributed by atoms with E-state index < -0.39 is 24.5 Å². The minimum atomic E-state index is -4.39. The number of hydrogen-bond acceptors (Lipinski definition) is 4. The fraction of sp³-hybridized carbons (Fsp3) is 0.286. The standard InChI is InChI=1S/C21H21F3O4/c1-28-20-11-6-15(19(27)10-9-18(26)13-25)12-16(20)5-2-14-3-7-17(8-4-14)21(22,23)24/h2-8,11-12,18,25-26H,9-10,13H2,1H3/b5-2+. The largest absolute Gasteiger partial charge is 0.496 e. The summed E-state index contributed by atoms with van der Waals surface area (Å²) in [5.41, 5.74) is 0.853. The van der Waals surface area contributed by atoms with Crippen molar-refractivity contribution in [2.45, 2.75) is 25.1 Å². The van der Waals surface area contributed by atoms with Gasteiger partial charge in [-0.2, -0.15) is 13.2 Å². The molecule has 1 atom stereocenters. The minimum Gasteiger partial charge on any atom is -0.496 e. The average molecular weight is 394 g/mol. The van der Waals surface area contributed by atoms with E-state index in [1.807, 2.05) is 0 Å². The molecule has 0 bridgehead atoms. The third-order valence-corrected chi connectivity index (χ3v) is 4.16. The van der Waals surface area contributed by atoms with Crippen LogP contribution in [0.3, 0.4) is 0 Å². The Morgan fingerprint density at radius 2 is 1.82 bits per heavy atom. The molecule has 4 nitrogen and oxygen atoms in total. The molecule has 2 rings (SSSR count). The van der Waals surface area contributed by atoms with Crippen LogP contribution in [0, 0.1) is 0 Å². The highest BCUT2D eigenvalue weighted by atomic mass is 19.4. The molecule has 0 aliphatic carbocycles. The van der Waals surface area contributed by atoms with E-state index in [4.69, 9.17) is 9.84 Å². The summed E-state index contributed by atoms with van der Waals surface area (Å²) in [5.74, 6) is 0.314. The number of halogens is 3. The smallest absolute Gasteiger partial charge is 0.416 e. The second-order valence-electron chi connectivity index (χ2n) is 6.21. The number of ether oxygens (including phenoxy) is 1. The maximum Gasteiger partial charge on any atom is 0.416 e. The molecule has 0 radical (unpaired) electrons. The van der Waals surface area contributed by atoms with Gasteiger partial charge >= 0.3 is 6.18 Å². The molecule has 1 unspecified atom stereocenters. The van der Waals surface area contributed by atoms with Crippen molar-refractivity contribution >= 4 is 17.9 Å². The van der Waals surface area contributed by atoms with E-state index in [2.05, 4.69) is 0 Å². The van der Waals surface area contributed by atoms with Gasteiger partial charge in [0.15, 0.2) is 5.78 Å². The summed E-state index contributed by atoms with van der Waals surface area (Å²) < 4.78 is 43.1. The number of carbonyl (C=O) groups is 1. The van der Waals surface area contributed by atoms with Crippen LogP contribution in [0.25, 0.3) is 12.2 Å². The summed E-state index contributed by atoms with van der Waals surface area (Å²) in [6.07, 6.45) is -1.82. The van der Waals surface area contributed by atoms with Crippen LogP contribution in [0.2, 0.25) is 0 Å². The first-order chi connectivity index (χ1) is 13.2. The number of rotatable bonds is 8. The lowest BCUT2D eigenvalue weighted by atomic mass is 10.0.